The minimum atomic E-state index is 0. The SMILES string of the molecule is CCOCCOCCOCCC(=O)NC1CCC(C(=O)CC)CC1.[HH]. The molecule has 0 aromatic rings. The Balaban J connectivity index is 0.00000576. The number of ketones is 1. The molecule has 1 rings (SSSR count). The molecule has 0 aliphatic heterocycles. The van der Waals surface area contributed by atoms with Crippen LogP contribution >= 0.6 is 0 Å². The molecule has 0 unspecified atom stereocenters. The highest BCUT2D eigenvalue weighted by Gasteiger charge is 2.25. The van der Waals surface area contributed by atoms with Gasteiger partial charge in [0.05, 0.1) is 33.0 Å². The number of nitrogens with one attached hydrogen (secondary N) is 1. The Morgan fingerprint density at radius 3 is 2.08 bits per heavy atom. The standard InChI is InChI=1S/C18H33NO5.H2/c1-3-17(20)15-5-7-16(8-6-15)19-18(21)9-10-23-13-14-24-12-11-22-4-2;/h15-16H,3-14H2,1-2H3,(H,19,21);1H. The van der Waals surface area contributed by atoms with Crippen LogP contribution in [0.15, 0.2) is 0 Å². The van der Waals surface area contributed by atoms with E-state index in [2.05, 4.69) is 5.32 Å². The number of ether oxygens (including phenoxy) is 3. The number of amides is 1. The van der Waals surface area contributed by atoms with Gasteiger partial charge >= 0.3 is 0 Å². The predicted octanol–water partition coefficient (Wildman–Crippen LogP) is 2.35. The van der Waals surface area contributed by atoms with Crippen LogP contribution in [0.2, 0.25) is 0 Å². The molecule has 0 heterocycles. The molecule has 1 aliphatic rings. The first-order valence-corrected chi connectivity index (χ1v) is 9.22. The lowest BCUT2D eigenvalue weighted by Gasteiger charge is -2.28. The van der Waals surface area contributed by atoms with Gasteiger partial charge in [0.2, 0.25) is 5.91 Å². The molecule has 0 saturated heterocycles. The fourth-order valence-corrected chi connectivity index (χ4v) is 2.90. The van der Waals surface area contributed by atoms with Crippen LogP contribution in [0.5, 0.6) is 0 Å². The van der Waals surface area contributed by atoms with E-state index >= 15 is 0 Å². The lowest BCUT2D eigenvalue weighted by molar-refractivity contribution is -0.124. The van der Waals surface area contributed by atoms with Crippen molar-refractivity contribution in [3.8, 4) is 0 Å². The molecule has 1 N–H and O–H groups in total. The summed E-state index contributed by atoms with van der Waals surface area (Å²) >= 11 is 0. The maximum atomic E-state index is 11.9. The predicted molar refractivity (Wildman–Crippen MR) is 94.0 cm³/mol. The van der Waals surface area contributed by atoms with Crippen LogP contribution in [0, 0.1) is 5.92 Å². The minimum absolute atomic E-state index is 0. The molecular formula is C18H35NO5. The highest BCUT2D eigenvalue weighted by Crippen LogP contribution is 2.25. The fourth-order valence-electron chi connectivity index (χ4n) is 2.90. The minimum Gasteiger partial charge on any atom is -0.379 e. The van der Waals surface area contributed by atoms with Crippen LogP contribution in [0.4, 0.5) is 0 Å². The summed E-state index contributed by atoms with van der Waals surface area (Å²) in [6, 6.07) is 0.209. The van der Waals surface area contributed by atoms with Crippen molar-refractivity contribution in [2.75, 3.05) is 39.6 Å². The Hall–Kier alpha value is -0.980. The first kappa shape index (κ1) is 21.1. The summed E-state index contributed by atoms with van der Waals surface area (Å²) in [6.45, 7) is 7.15. The second kappa shape index (κ2) is 13.3. The maximum absolute atomic E-state index is 11.9. The third-order valence-corrected chi connectivity index (χ3v) is 4.32. The van der Waals surface area contributed by atoms with E-state index in [1.807, 2.05) is 13.8 Å². The molecule has 142 valence electrons. The monoisotopic (exact) mass is 345 g/mol. The zero-order valence-corrected chi connectivity index (χ0v) is 15.2. The Morgan fingerprint density at radius 2 is 1.50 bits per heavy atom. The molecule has 24 heavy (non-hydrogen) atoms. The van der Waals surface area contributed by atoms with Gasteiger partial charge in [0.1, 0.15) is 5.78 Å². The number of carbonyl (C=O) groups is 2. The largest absolute Gasteiger partial charge is 0.379 e. The third kappa shape index (κ3) is 9.35. The van der Waals surface area contributed by atoms with E-state index in [0.717, 1.165) is 25.7 Å². The first-order valence-electron chi connectivity index (χ1n) is 9.22. The van der Waals surface area contributed by atoms with Gasteiger partial charge in [-0.1, -0.05) is 6.92 Å². The molecule has 6 heteroatoms. The second-order valence-electron chi connectivity index (χ2n) is 6.11. The van der Waals surface area contributed by atoms with E-state index in [1.54, 1.807) is 0 Å². The van der Waals surface area contributed by atoms with Crippen molar-refractivity contribution >= 4 is 11.7 Å². The van der Waals surface area contributed by atoms with Gasteiger partial charge in [-0.2, -0.15) is 0 Å². The molecule has 1 aliphatic carbocycles. The smallest absolute Gasteiger partial charge is 0.222 e. The number of hydrogen-bond acceptors (Lipinski definition) is 5. The van der Waals surface area contributed by atoms with Crippen LogP contribution in [-0.4, -0.2) is 57.4 Å². The number of rotatable bonds is 13. The molecular weight excluding hydrogens is 310 g/mol. The molecule has 0 aromatic carbocycles. The van der Waals surface area contributed by atoms with Crippen molar-refractivity contribution in [2.45, 2.75) is 58.4 Å². The summed E-state index contributed by atoms with van der Waals surface area (Å²) in [7, 11) is 0. The lowest BCUT2D eigenvalue weighted by Crippen LogP contribution is -2.39. The van der Waals surface area contributed by atoms with E-state index in [4.69, 9.17) is 14.2 Å². The van der Waals surface area contributed by atoms with Crippen molar-refractivity contribution in [2.24, 2.45) is 5.92 Å². The summed E-state index contributed by atoms with van der Waals surface area (Å²) in [6.07, 6.45) is 4.58. The van der Waals surface area contributed by atoms with Gasteiger partial charge in [0.15, 0.2) is 0 Å². The third-order valence-electron chi connectivity index (χ3n) is 4.32. The molecule has 1 amide bonds. The molecule has 1 saturated carbocycles. The number of hydrogen-bond donors (Lipinski definition) is 1. The fraction of sp³-hybridized carbons (Fsp3) is 0.889. The van der Waals surface area contributed by atoms with Crippen LogP contribution in [0.3, 0.4) is 0 Å². The van der Waals surface area contributed by atoms with Crippen molar-refractivity contribution in [1.29, 1.82) is 0 Å². The van der Waals surface area contributed by atoms with E-state index in [1.165, 1.54) is 0 Å². The van der Waals surface area contributed by atoms with Crippen LogP contribution in [0.25, 0.3) is 0 Å². The van der Waals surface area contributed by atoms with Gasteiger partial charge in [-0.15, -0.1) is 0 Å². The topological polar surface area (TPSA) is 73.9 Å². The molecule has 0 aromatic heterocycles. The van der Waals surface area contributed by atoms with Gasteiger partial charge in [-0.25, -0.2) is 0 Å². The Bertz CT molecular complexity index is 359. The van der Waals surface area contributed by atoms with Gasteiger partial charge in [-0.05, 0) is 32.6 Å². The Kier molecular flexibility index (Phi) is 11.7. The van der Waals surface area contributed by atoms with Gasteiger partial charge < -0.3 is 19.5 Å². The average molecular weight is 345 g/mol. The summed E-state index contributed by atoms with van der Waals surface area (Å²) in [4.78, 5) is 23.6. The zero-order chi connectivity index (χ0) is 17.6. The molecule has 0 radical (unpaired) electrons. The number of Topliss-reactive ketones (excluding diaryl/α,β-unsaturated/α-hetero) is 1. The average Bonchev–Trinajstić information content (AvgIpc) is 2.60. The van der Waals surface area contributed by atoms with Crippen LogP contribution < -0.4 is 5.32 Å². The first-order chi connectivity index (χ1) is 11.7. The van der Waals surface area contributed by atoms with E-state index in [-0.39, 0.29) is 19.3 Å². The quantitative estimate of drug-likeness (QED) is 0.519. The summed E-state index contributed by atoms with van der Waals surface area (Å²) in [5, 5.41) is 3.04. The molecule has 0 atom stereocenters. The van der Waals surface area contributed by atoms with Gasteiger partial charge in [-0.3, -0.25) is 9.59 Å². The van der Waals surface area contributed by atoms with Crippen LogP contribution in [0.1, 0.15) is 53.8 Å². The van der Waals surface area contributed by atoms with Gasteiger partial charge in [0, 0.05) is 32.8 Å². The molecule has 1 fully saturated rings. The molecule has 0 spiro atoms. The van der Waals surface area contributed by atoms with Crippen molar-refractivity contribution in [1.82, 2.24) is 5.32 Å². The highest BCUT2D eigenvalue weighted by atomic mass is 16.5. The lowest BCUT2D eigenvalue weighted by atomic mass is 9.83. The van der Waals surface area contributed by atoms with Crippen molar-refractivity contribution in [3.63, 3.8) is 0 Å². The Morgan fingerprint density at radius 1 is 0.917 bits per heavy atom. The Labute approximate surface area is 147 Å². The zero-order valence-electron chi connectivity index (χ0n) is 15.2. The maximum Gasteiger partial charge on any atom is 0.222 e. The molecule has 0 bridgehead atoms. The summed E-state index contributed by atoms with van der Waals surface area (Å²) in [5.74, 6) is 0.586. The second-order valence-corrected chi connectivity index (χ2v) is 6.11. The number of carbonyl (C=O) groups excluding carboxylic acids is 2. The van der Waals surface area contributed by atoms with Gasteiger partial charge in [0.25, 0.3) is 0 Å². The summed E-state index contributed by atoms with van der Waals surface area (Å²) < 4.78 is 15.9. The highest BCUT2D eigenvalue weighted by molar-refractivity contribution is 5.80. The van der Waals surface area contributed by atoms with E-state index in [9.17, 15) is 9.59 Å². The molecule has 6 nitrogen and oxygen atoms in total. The van der Waals surface area contributed by atoms with E-state index in [0.29, 0.717) is 58.3 Å². The van der Waals surface area contributed by atoms with E-state index < -0.39 is 0 Å². The van der Waals surface area contributed by atoms with Crippen LogP contribution in [-0.2, 0) is 23.8 Å². The van der Waals surface area contributed by atoms with Crippen molar-refractivity contribution in [3.05, 3.63) is 0 Å². The normalized spacial score (nSPS) is 20.8. The van der Waals surface area contributed by atoms with Crippen molar-refractivity contribution < 1.29 is 25.2 Å². The summed E-state index contributed by atoms with van der Waals surface area (Å²) in [5.41, 5.74) is 0.